The highest BCUT2D eigenvalue weighted by molar-refractivity contribution is 8.00. The third kappa shape index (κ3) is 4.56. The lowest BCUT2D eigenvalue weighted by molar-refractivity contribution is -0.119. The Labute approximate surface area is 124 Å². The van der Waals surface area contributed by atoms with Gasteiger partial charge < -0.3 is 10.6 Å². The topological polar surface area (TPSA) is 63.4 Å². The van der Waals surface area contributed by atoms with Crippen LogP contribution in [0.15, 0.2) is 29.2 Å². The number of nitrogens with two attached hydrogens (primary N) is 1. The van der Waals surface area contributed by atoms with Crippen molar-refractivity contribution in [3.8, 4) is 0 Å². The zero-order chi connectivity index (χ0) is 15.3. The van der Waals surface area contributed by atoms with Gasteiger partial charge >= 0.3 is 0 Å². The van der Waals surface area contributed by atoms with Crippen molar-refractivity contribution < 1.29 is 9.59 Å². The molecule has 0 heterocycles. The monoisotopic (exact) mass is 294 g/mol. The number of hydrogen-bond acceptors (Lipinski definition) is 3. The van der Waals surface area contributed by atoms with Gasteiger partial charge in [-0.3, -0.25) is 9.59 Å². The van der Waals surface area contributed by atoms with Crippen molar-refractivity contribution >= 4 is 23.6 Å². The van der Waals surface area contributed by atoms with Gasteiger partial charge in [-0.25, -0.2) is 0 Å². The number of amides is 2. The van der Waals surface area contributed by atoms with Crippen LogP contribution in [-0.2, 0) is 4.79 Å². The van der Waals surface area contributed by atoms with E-state index in [1.54, 1.807) is 17.8 Å². The normalized spacial score (nSPS) is 10.9. The van der Waals surface area contributed by atoms with Gasteiger partial charge in [-0.2, -0.15) is 0 Å². The molecule has 0 saturated carbocycles. The molecule has 0 aromatic heterocycles. The molecule has 1 aromatic rings. The Hall–Kier alpha value is -1.49. The highest BCUT2D eigenvalue weighted by Crippen LogP contribution is 2.27. The van der Waals surface area contributed by atoms with Crippen molar-refractivity contribution in [1.29, 1.82) is 0 Å². The van der Waals surface area contributed by atoms with E-state index in [0.29, 0.717) is 10.8 Å². The number of hydrogen-bond donors (Lipinski definition) is 1. The van der Waals surface area contributed by atoms with Crippen LogP contribution < -0.4 is 5.73 Å². The molecular weight excluding hydrogens is 272 g/mol. The summed E-state index contributed by atoms with van der Waals surface area (Å²) in [6, 6.07) is 7.40. The summed E-state index contributed by atoms with van der Waals surface area (Å²) in [4.78, 5) is 26.2. The van der Waals surface area contributed by atoms with Crippen LogP contribution in [0.5, 0.6) is 0 Å². The molecule has 5 heteroatoms. The highest BCUT2D eigenvalue weighted by Gasteiger charge is 2.22. The Morgan fingerprint density at radius 2 is 1.80 bits per heavy atom. The van der Waals surface area contributed by atoms with Crippen LogP contribution >= 0.6 is 11.8 Å². The summed E-state index contributed by atoms with van der Waals surface area (Å²) < 4.78 is 0. The van der Waals surface area contributed by atoms with Gasteiger partial charge in [0, 0.05) is 16.2 Å². The number of thioether (sulfide) groups is 1. The van der Waals surface area contributed by atoms with E-state index in [1.807, 2.05) is 32.0 Å². The fraction of sp³-hybridized carbons (Fsp3) is 0.467. The van der Waals surface area contributed by atoms with Crippen molar-refractivity contribution in [2.24, 2.45) is 5.73 Å². The van der Waals surface area contributed by atoms with Gasteiger partial charge in [0.2, 0.25) is 5.91 Å². The highest BCUT2D eigenvalue weighted by atomic mass is 32.2. The summed E-state index contributed by atoms with van der Waals surface area (Å²) in [6.45, 7) is 7.85. The Morgan fingerprint density at radius 3 is 2.30 bits per heavy atom. The lowest BCUT2D eigenvalue weighted by atomic mass is 10.1. The first kappa shape index (κ1) is 16.6. The fourth-order valence-corrected chi connectivity index (χ4v) is 2.76. The van der Waals surface area contributed by atoms with Crippen molar-refractivity contribution in [1.82, 2.24) is 4.90 Å². The van der Waals surface area contributed by atoms with E-state index in [2.05, 4.69) is 13.8 Å². The Morgan fingerprint density at radius 1 is 1.20 bits per heavy atom. The first-order valence-corrected chi connectivity index (χ1v) is 7.55. The van der Waals surface area contributed by atoms with E-state index in [-0.39, 0.29) is 18.5 Å². The van der Waals surface area contributed by atoms with Crippen LogP contribution in [0.1, 0.15) is 38.1 Å². The zero-order valence-electron chi connectivity index (χ0n) is 12.4. The molecule has 0 aliphatic carbocycles. The Balaban J connectivity index is 3.08. The number of benzene rings is 1. The minimum atomic E-state index is -0.499. The van der Waals surface area contributed by atoms with Crippen LogP contribution in [-0.4, -0.2) is 34.6 Å². The molecule has 20 heavy (non-hydrogen) atoms. The second kappa shape index (κ2) is 7.33. The second-order valence-corrected chi connectivity index (χ2v) is 6.77. The van der Waals surface area contributed by atoms with Gasteiger partial charge in [0.15, 0.2) is 0 Å². The molecule has 0 atom stereocenters. The lowest BCUT2D eigenvalue weighted by Gasteiger charge is -2.26. The predicted octanol–water partition coefficient (Wildman–Crippen LogP) is 2.52. The van der Waals surface area contributed by atoms with Crippen molar-refractivity contribution in [2.45, 2.75) is 43.9 Å². The maximum absolute atomic E-state index is 12.6. The molecule has 1 aromatic carbocycles. The SMILES string of the molecule is CC(C)Sc1ccccc1C(=O)N(CC(N)=O)C(C)C. The molecule has 0 aliphatic rings. The zero-order valence-corrected chi connectivity index (χ0v) is 13.2. The molecule has 1 rings (SSSR count). The third-order valence-corrected chi connectivity index (χ3v) is 3.77. The van der Waals surface area contributed by atoms with Crippen molar-refractivity contribution in [2.75, 3.05) is 6.54 Å². The molecule has 2 amide bonds. The molecule has 2 N–H and O–H groups in total. The molecule has 0 fully saturated rings. The summed E-state index contributed by atoms with van der Waals surface area (Å²) in [5.41, 5.74) is 5.85. The van der Waals surface area contributed by atoms with E-state index in [9.17, 15) is 9.59 Å². The number of rotatable bonds is 6. The number of carbonyl (C=O) groups is 2. The van der Waals surface area contributed by atoms with Crippen molar-refractivity contribution in [3.05, 3.63) is 29.8 Å². The largest absolute Gasteiger partial charge is 0.368 e. The molecule has 0 aliphatic heterocycles. The van der Waals surface area contributed by atoms with Gasteiger partial charge in [-0.1, -0.05) is 26.0 Å². The molecular formula is C15H22N2O2S. The summed E-state index contributed by atoms with van der Waals surface area (Å²) in [7, 11) is 0. The molecule has 0 saturated heterocycles. The maximum atomic E-state index is 12.6. The second-order valence-electron chi connectivity index (χ2n) is 5.16. The Bertz CT molecular complexity index is 487. The number of nitrogens with zero attached hydrogens (tertiary/aromatic N) is 1. The van der Waals surface area contributed by atoms with Crippen LogP contribution in [0, 0.1) is 0 Å². The summed E-state index contributed by atoms with van der Waals surface area (Å²) in [5, 5.41) is 0.382. The minimum absolute atomic E-state index is 0.0584. The average molecular weight is 294 g/mol. The third-order valence-electron chi connectivity index (χ3n) is 2.69. The first-order chi connectivity index (χ1) is 9.32. The van der Waals surface area contributed by atoms with E-state index in [1.165, 1.54) is 4.90 Å². The van der Waals surface area contributed by atoms with Gasteiger partial charge in [0.05, 0.1) is 12.1 Å². The summed E-state index contributed by atoms with van der Waals surface area (Å²) in [5.74, 6) is -0.649. The van der Waals surface area contributed by atoms with E-state index in [4.69, 9.17) is 5.73 Å². The predicted molar refractivity (Wildman–Crippen MR) is 82.8 cm³/mol. The molecule has 4 nitrogen and oxygen atoms in total. The van der Waals surface area contributed by atoms with Gasteiger partial charge in [0.1, 0.15) is 0 Å². The lowest BCUT2D eigenvalue weighted by Crippen LogP contribution is -2.42. The number of primary amides is 1. The molecule has 0 radical (unpaired) electrons. The van der Waals surface area contributed by atoms with Crippen molar-refractivity contribution in [3.63, 3.8) is 0 Å². The standard InChI is InChI=1S/C15H22N2O2S/c1-10(2)17(9-14(16)18)15(19)12-7-5-6-8-13(12)20-11(3)4/h5-8,10-11H,9H2,1-4H3,(H2,16,18). The number of carbonyl (C=O) groups excluding carboxylic acids is 2. The fourth-order valence-electron chi connectivity index (χ4n) is 1.81. The quantitative estimate of drug-likeness (QED) is 0.820. The van der Waals surface area contributed by atoms with E-state index >= 15 is 0 Å². The van der Waals surface area contributed by atoms with Gasteiger partial charge in [0.25, 0.3) is 5.91 Å². The molecule has 0 bridgehead atoms. The van der Waals surface area contributed by atoms with Crippen LogP contribution in [0.2, 0.25) is 0 Å². The first-order valence-electron chi connectivity index (χ1n) is 6.68. The smallest absolute Gasteiger partial charge is 0.255 e. The van der Waals surface area contributed by atoms with Gasteiger partial charge in [-0.15, -0.1) is 11.8 Å². The molecule has 0 spiro atoms. The Kier molecular flexibility index (Phi) is 6.07. The van der Waals surface area contributed by atoms with Crippen LogP contribution in [0.4, 0.5) is 0 Å². The molecule has 110 valence electrons. The average Bonchev–Trinajstić information content (AvgIpc) is 2.34. The summed E-state index contributed by atoms with van der Waals surface area (Å²) >= 11 is 1.64. The van der Waals surface area contributed by atoms with E-state index < -0.39 is 5.91 Å². The minimum Gasteiger partial charge on any atom is -0.368 e. The van der Waals surface area contributed by atoms with Crippen LogP contribution in [0.3, 0.4) is 0 Å². The summed E-state index contributed by atoms with van der Waals surface area (Å²) in [6.07, 6.45) is 0. The van der Waals surface area contributed by atoms with Crippen LogP contribution in [0.25, 0.3) is 0 Å². The molecule has 0 unspecified atom stereocenters. The van der Waals surface area contributed by atoms with Gasteiger partial charge in [-0.05, 0) is 26.0 Å². The maximum Gasteiger partial charge on any atom is 0.255 e. The van der Waals surface area contributed by atoms with E-state index in [0.717, 1.165) is 4.90 Å².